The highest BCUT2D eigenvalue weighted by Crippen LogP contribution is 2.26. The summed E-state index contributed by atoms with van der Waals surface area (Å²) < 4.78 is 0. The molecule has 0 saturated carbocycles. The van der Waals surface area contributed by atoms with E-state index in [9.17, 15) is 0 Å². The van der Waals surface area contributed by atoms with Crippen molar-refractivity contribution in [1.29, 1.82) is 0 Å². The monoisotopic (exact) mass is 301 g/mol. The topological polar surface area (TPSA) is 28.2 Å². The second kappa shape index (κ2) is 6.26. The SMILES string of the molecule is CC1CNC(C)(c2ccccc2)CN1CCc1cscn1. The van der Waals surface area contributed by atoms with Crippen molar-refractivity contribution in [2.45, 2.75) is 31.8 Å². The molecule has 3 nitrogen and oxygen atoms in total. The number of hydrogen-bond acceptors (Lipinski definition) is 4. The van der Waals surface area contributed by atoms with E-state index in [2.05, 4.69) is 64.8 Å². The van der Waals surface area contributed by atoms with Crippen LogP contribution in [0.5, 0.6) is 0 Å². The van der Waals surface area contributed by atoms with E-state index in [1.807, 2.05) is 5.51 Å². The van der Waals surface area contributed by atoms with Gasteiger partial charge in [0.1, 0.15) is 0 Å². The van der Waals surface area contributed by atoms with Crippen LogP contribution in [-0.2, 0) is 12.0 Å². The first-order chi connectivity index (χ1) is 10.2. The maximum absolute atomic E-state index is 4.40. The third-order valence-corrected chi connectivity index (χ3v) is 5.12. The first-order valence-electron chi connectivity index (χ1n) is 7.59. The van der Waals surface area contributed by atoms with Gasteiger partial charge in [-0.25, -0.2) is 4.98 Å². The lowest BCUT2D eigenvalue weighted by Gasteiger charge is -2.45. The third-order valence-electron chi connectivity index (χ3n) is 4.48. The van der Waals surface area contributed by atoms with E-state index in [4.69, 9.17) is 0 Å². The summed E-state index contributed by atoms with van der Waals surface area (Å²) in [6.45, 7) is 7.77. The zero-order valence-corrected chi connectivity index (χ0v) is 13.6. The van der Waals surface area contributed by atoms with E-state index in [0.717, 1.165) is 26.1 Å². The van der Waals surface area contributed by atoms with Crippen molar-refractivity contribution >= 4 is 11.3 Å². The van der Waals surface area contributed by atoms with Crippen LogP contribution >= 0.6 is 11.3 Å². The van der Waals surface area contributed by atoms with Crippen LogP contribution in [0.25, 0.3) is 0 Å². The van der Waals surface area contributed by atoms with Crippen molar-refractivity contribution in [3.8, 4) is 0 Å². The van der Waals surface area contributed by atoms with Crippen LogP contribution in [0.2, 0.25) is 0 Å². The van der Waals surface area contributed by atoms with Gasteiger partial charge in [0.05, 0.1) is 16.7 Å². The molecule has 4 heteroatoms. The number of hydrogen-bond donors (Lipinski definition) is 1. The van der Waals surface area contributed by atoms with Gasteiger partial charge in [-0.15, -0.1) is 11.3 Å². The predicted molar refractivity (Wildman–Crippen MR) is 88.6 cm³/mol. The van der Waals surface area contributed by atoms with Crippen molar-refractivity contribution in [1.82, 2.24) is 15.2 Å². The van der Waals surface area contributed by atoms with E-state index in [0.29, 0.717) is 6.04 Å². The molecule has 0 aliphatic carbocycles. The molecule has 1 aliphatic rings. The molecule has 2 unspecified atom stereocenters. The number of nitrogens with zero attached hydrogens (tertiary/aromatic N) is 2. The second-order valence-electron chi connectivity index (χ2n) is 6.13. The Labute approximate surface area is 131 Å². The van der Waals surface area contributed by atoms with E-state index >= 15 is 0 Å². The van der Waals surface area contributed by atoms with Gasteiger partial charge in [0, 0.05) is 37.5 Å². The van der Waals surface area contributed by atoms with Gasteiger partial charge in [-0.3, -0.25) is 4.90 Å². The lowest BCUT2D eigenvalue weighted by molar-refractivity contribution is 0.0956. The van der Waals surface area contributed by atoms with Crippen LogP contribution < -0.4 is 5.32 Å². The summed E-state index contributed by atoms with van der Waals surface area (Å²) in [4.78, 5) is 6.98. The van der Waals surface area contributed by atoms with Crippen LogP contribution in [0.4, 0.5) is 0 Å². The molecular weight excluding hydrogens is 278 g/mol. The van der Waals surface area contributed by atoms with E-state index in [1.54, 1.807) is 11.3 Å². The standard InChI is InChI=1S/C17H23N3S/c1-14-10-19-17(2,15-6-4-3-5-7-15)12-20(14)9-8-16-11-21-13-18-16/h3-7,11,13-14,19H,8-10,12H2,1-2H3. The minimum atomic E-state index is 0.0375. The van der Waals surface area contributed by atoms with E-state index in [-0.39, 0.29) is 5.54 Å². The molecule has 1 aromatic carbocycles. The van der Waals surface area contributed by atoms with Gasteiger partial charge in [0.2, 0.25) is 0 Å². The summed E-state index contributed by atoms with van der Waals surface area (Å²) in [6, 6.07) is 11.3. The molecule has 2 heterocycles. The fourth-order valence-electron chi connectivity index (χ4n) is 3.04. The van der Waals surface area contributed by atoms with Gasteiger partial charge < -0.3 is 5.32 Å². The van der Waals surface area contributed by atoms with Crippen LogP contribution in [-0.4, -0.2) is 35.6 Å². The number of thiazole rings is 1. The van der Waals surface area contributed by atoms with Crippen LogP contribution in [0.1, 0.15) is 25.1 Å². The van der Waals surface area contributed by atoms with E-state index < -0.39 is 0 Å². The number of nitrogens with one attached hydrogen (secondary N) is 1. The lowest BCUT2D eigenvalue weighted by atomic mass is 9.88. The minimum Gasteiger partial charge on any atom is -0.305 e. The molecule has 1 fully saturated rings. The largest absolute Gasteiger partial charge is 0.305 e. The van der Waals surface area contributed by atoms with Gasteiger partial charge in [-0.05, 0) is 19.4 Å². The Balaban J connectivity index is 1.69. The molecule has 2 aromatic rings. The Bertz CT molecular complexity index is 555. The predicted octanol–water partition coefficient (Wildman–Crippen LogP) is 2.89. The van der Waals surface area contributed by atoms with Gasteiger partial charge in [-0.2, -0.15) is 0 Å². The molecule has 2 atom stereocenters. The summed E-state index contributed by atoms with van der Waals surface area (Å²) in [5, 5.41) is 5.89. The molecule has 0 radical (unpaired) electrons. The summed E-state index contributed by atoms with van der Waals surface area (Å²) in [7, 11) is 0. The second-order valence-corrected chi connectivity index (χ2v) is 6.85. The fourth-order valence-corrected chi connectivity index (χ4v) is 3.63. The highest BCUT2D eigenvalue weighted by atomic mass is 32.1. The zero-order valence-electron chi connectivity index (χ0n) is 12.7. The molecule has 1 aromatic heterocycles. The van der Waals surface area contributed by atoms with Crippen molar-refractivity contribution in [3.05, 3.63) is 52.5 Å². The van der Waals surface area contributed by atoms with Gasteiger partial charge in [0.25, 0.3) is 0 Å². The third kappa shape index (κ3) is 3.34. The molecule has 1 aliphatic heterocycles. The summed E-state index contributed by atoms with van der Waals surface area (Å²) in [6.07, 6.45) is 1.04. The lowest BCUT2D eigenvalue weighted by Crippen LogP contribution is -2.60. The van der Waals surface area contributed by atoms with Gasteiger partial charge in [0.15, 0.2) is 0 Å². The molecule has 1 saturated heterocycles. The average Bonchev–Trinajstić information content (AvgIpc) is 3.03. The number of benzene rings is 1. The van der Waals surface area contributed by atoms with Crippen LogP contribution in [0.3, 0.4) is 0 Å². The maximum atomic E-state index is 4.40. The highest BCUT2D eigenvalue weighted by Gasteiger charge is 2.34. The molecule has 0 bridgehead atoms. The smallest absolute Gasteiger partial charge is 0.0794 e. The summed E-state index contributed by atoms with van der Waals surface area (Å²) in [5.74, 6) is 0. The Hall–Kier alpha value is -1.23. The molecule has 1 N–H and O–H groups in total. The highest BCUT2D eigenvalue weighted by molar-refractivity contribution is 7.07. The number of aromatic nitrogens is 1. The molecular formula is C17H23N3S. The molecule has 21 heavy (non-hydrogen) atoms. The van der Waals surface area contributed by atoms with Gasteiger partial charge >= 0.3 is 0 Å². The van der Waals surface area contributed by atoms with E-state index in [1.165, 1.54) is 11.3 Å². The first kappa shape index (κ1) is 14.7. The fraction of sp³-hybridized carbons (Fsp3) is 0.471. The summed E-state index contributed by atoms with van der Waals surface area (Å²) >= 11 is 1.68. The normalized spacial score (nSPS) is 26.9. The Kier molecular flexibility index (Phi) is 4.38. The minimum absolute atomic E-state index is 0.0375. The van der Waals surface area contributed by atoms with Crippen molar-refractivity contribution in [2.75, 3.05) is 19.6 Å². The Morgan fingerprint density at radius 1 is 1.38 bits per heavy atom. The molecule has 0 amide bonds. The number of rotatable bonds is 4. The first-order valence-corrected chi connectivity index (χ1v) is 8.53. The maximum Gasteiger partial charge on any atom is 0.0794 e. The number of piperazine rings is 1. The quantitative estimate of drug-likeness (QED) is 0.941. The van der Waals surface area contributed by atoms with Crippen LogP contribution in [0.15, 0.2) is 41.2 Å². The van der Waals surface area contributed by atoms with Crippen molar-refractivity contribution in [2.24, 2.45) is 0 Å². The average molecular weight is 301 g/mol. The Morgan fingerprint density at radius 2 is 2.19 bits per heavy atom. The molecule has 0 spiro atoms. The van der Waals surface area contributed by atoms with Crippen molar-refractivity contribution < 1.29 is 0 Å². The van der Waals surface area contributed by atoms with Gasteiger partial charge in [-0.1, -0.05) is 30.3 Å². The zero-order chi connectivity index (χ0) is 14.7. The Morgan fingerprint density at radius 3 is 2.90 bits per heavy atom. The molecule has 112 valence electrons. The van der Waals surface area contributed by atoms with Crippen molar-refractivity contribution in [3.63, 3.8) is 0 Å². The van der Waals surface area contributed by atoms with Crippen LogP contribution in [0, 0.1) is 0 Å². The molecule has 3 rings (SSSR count). The summed E-state index contributed by atoms with van der Waals surface area (Å²) in [5.41, 5.74) is 4.54.